The summed E-state index contributed by atoms with van der Waals surface area (Å²) in [5.74, 6) is 8.54. The first-order chi connectivity index (χ1) is 14.3. The third kappa shape index (κ3) is 6.99. The van der Waals surface area contributed by atoms with Crippen molar-refractivity contribution >= 4 is 6.03 Å². The van der Waals surface area contributed by atoms with E-state index in [0.717, 1.165) is 17.7 Å². The Bertz CT molecular complexity index is 986. The maximum Gasteiger partial charge on any atom is 0.416 e. The van der Waals surface area contributed by atoms with Gasteiger partial charge in [-0.2, -0.15) is 13.2 Å². The van der Waals surface area contributed by atoms with Gasteiger partial charge in [-0.3, -0.25) is 0 Å². The molecule has 0 aliphatic rings. The number of halogens is 3. The Balaban J connectivity index is 1.85. The van der Waals surface area contributed by atoms with Gasteiger partial charge in [0.2, 0.25) is 0 Å². The van der Waals surface area contributed by atoms with E-state index in [0.29, 0.717) is 11.5 Å². The van der Waals surface area contributed by atoms with E-state index < -0.39 is 17.8 Å². The Labute approximate surface area is 172 Å². The minimum atomic E-state index is -4.43. The van der Waals surface area contributed by atoms with Crippen LogP contribution in [0.1, 0.15) is 16.7 Å². The minimum absolute atomic E-state index is 0.0266. The van der Waals surface area contributed by atoms with E-state index in [2.05, 4.69) is 28.4 Å². The Hall–Kier alpha value is -3.78. The maximum atomic E-state index is 12.7. The monoisotopic (exact) mass is 416 g/mol. The molecule has 0 radical (unpaired) electrons. The second-order valence-electron chi connectivity index (χ2n) is 5.89. The summed E-state index contributed by atoms with van der Waals surface area (Å²) in [5, 5.41) is 5.16. The molecule has 0 fully saturated rings. The first kappa shape index (κ1) is 22.5. The third-order valence-electron chi connectivity index (χ3n) is 3.75. The van der Waals surface area contributed by atoms with Crippen LogP contribution in [0.5, 0.6) is 11.5 Å². The Morgan fingerprint density at radius 3 is 2.63 bits per heavy atom. The molecule has 30 heavy (non-hydrogen) atoms. The molecule has 8 heteroatoms. The van der Waals surface area contributed by atoms with Crippen molar-refractivity contribution in [1.82, 2.24) is 10.6 Å². The van der Waals surface area contributed by atoms with Gasteiger partial charge in [0.25, 0.3) is 0 Å². The van der Waals surface area contributed by atoms with Crippen molar-refractivity contribution in [3.05, 3.63) is 59.2 Å². The number of rotatable bonds is 6. The summed E-state index contributed by atoms with van der Waals surface area (Å²) in [6.07, 6.45) is 0.756. The molecule has 156 valence electrons. The highest BCUT2D eigenvalue weighted by atomic mass is 19.4. The first-order valence-electron chi connectivity index (χ1n) is 8.74. The van der Waals surface area contributed by atoms with Gasteiger partial charge in [-0.1, -0.05) is 29.9 Å². The van der Waals surface area contributed by atoms with Crippen molar-refractivity contribution in [1.29, 1.82) is 0 Å². The van der Waals surface area contributed by atoms with E-state index in [9.17, 15) is 18.0 Å². The SMILES string of the molecule is C#CCOc1cc(CNC(=O)NCC#Cc2cccc(C(F)(F)F)c2)ccc1OC. The molecule has 5 nitrogen and oxygen atoms in total. The zero-order chi connectivity index (χ0) is 22.0. The number of terminal acetylenes is 1. The lowest BCUT2D eigenvalue weighted by Crippen LogP contribution is -2.35. The lowest BCUT2D eigenvalue weighted by molar-refractivity contribution is -0.137. The third-order valence-corrected chi connectivity index (χ3v) is 3.75. The highest BCUT2D eigenvalue weighted by Gasteiger charge is 2.30. The van der Waals surface area contributed by atoms with E-state index >= 15 is 0 Å². The van der Waals surface area contributed by atoms with E-state index in [1.54, 1.807) is 18.2 Å². The van der Waals surface area contributed by atoms with Crippen LogP contribution in [-0.2, 0) is 12.7 Å². The summed E-state index contributed by atoms with van der Waals surface area (Å²) in [6.45, 7) is 0.267. The Morgan fingerprint density at radius 1 is 1.13 bits per heavy atom. The van der Waals surface area contributed by atoms with Gasteiger partial charge in [-0.05, 0) is 35.9 Å². The number of urea groups is 1. The van der Waals surface area contributed by atoms with Crippen LogP contribution < -0.4 is 20.1 Å². The molecule has 0 aliphatic carbocycles. The quantitative estimate of drug-likeness (QED) is 0.708. The van der Waals surface area contributed by atoms with Crippen LogP contribution in [0.3, 0.4) is 0 Å². The second-order valence-corrected chi connectivity index (χ2v) is 5.89. The average molecular weight is 416 g/mol. The van der Waals surface area contributed by atoms with Crippen molar-refractivity contribution in [2.75, 3.05) is 20.3 Å². The average Bonchev–Trinajstić information content (AvgIpc) is 2.73. The van der Waals surface area contributed by atoms with Gasteiger partial charge in [-0.15, -0.1) is 6.42 Å². The predicted octanol–water partition coefficient (Wildman–Crippen LogP) is 3.58. The van der Waals surface area contributed by atoms with Crippen molar-refractivity contribution in [3.8, 4) is 35.7 Å². The lowest BCUT2D eigenvalue weighted by atomic mass is 10.1. The molecule has 0 bridgehead atoms. The lowest BCUT2D eigenvalue weighted by Gasteiger charge is -2.11. The van der Waals surface area contributed by atoms with Crippen molar-refractivity contribution < 1.29 is 27.4 Å². The maximum absolute atomic E-state index is 12.7. The number of ether oxygens (including phenoxy) is 2. The summed E-state index contributed by atoms with van der Waals surface area (Å²) in [5.41, 5.74) is 0.197. The van der Waals surface area contributed by atoms with Crippen LogP contribution in [0.15, 0.2) is 42.5 Å². The zero-order valence-electron chi connectivity index (χ0n) is 16.1. The summed E-state index contributed by atoms with van der Waals surface area (Å²) < 4.78 is 48.6. The van der Waals surface area contributed by atoms with Crippen LogP contribution in [0.2, 0.25) is 0 Å². The fourth-order valence-corrected chi connectivity index (χ4v) is 2.35. The number of carbonyl (C=O) groups is 1. The molecule has 0 saturated heterocycles. The number of hydrogen-bond acceptors (Lipinski definition) is 3. The first-order valence-corrected chi connectivity index (χ1v) is 8.74. The number of nitrogens with one attached hydrogen (secondary N) is 2. The predicted molar refractivity (Wildman–Crippen MR) is 106 cm³/mol. The van der Waals surface area contributed by atoms with Crippen LogP contribution in [0.4, 0.5) is 18.0 Å². The number of methoxy groups -OCH3 is 1. The zero-order valence-corrected chi connectivity index (χ0v) is 16.1. The van der Waals surface area contributed by atoms with Gasteiger partial charge >= 0.3 is 12.2 Å². The van der Waals surface area contributed by atoms with E-state index in [-0.39, 0.29) is 25.3 Å². The molecule has 0 saturated carbocycles. The minimum Gasteiger partial charge on any atom is -0.493 e. The fraction of sp³-hybridized carbons (Fsp3) is 0.227. The molecule has 0 atom stereocenters. The molecule has 0 spiro atoms. The van der Waals surface area contributed by atoms with Gasteiger partial charge in [0.05, 0.1) is 19.2 Å². The number of amides is 2. The van der Waals surface area contributed by atoms with Gasteiger partial charge in [-0.25, -0.2) is 4.79 Å². The number of hydrogen-bond donors (Lipinski definition) is 2. The normalized spacial score (nSPS) is 10.2. The number of benzene rings is 2. The molecule has 2 rings (SSSR count). The smallest absolute Gasteiger partial charge is 0.416 e. The number of alkyl halides is 3. The highest BCUT2D eigenvalue weighted by Crippen LogP contribution is 2.29. The van der Waals surface area contributed by atoms with Gasteiger partial charge < -0.3 is 20.1 Å². The molecular weight excluding hydrogens is 397 g/mol. The highest BCUT2D eigenvalue weighted by molar-refractivity contribution is 5.74. The molecule has 0 heterocycles. The van der Waals surface area contributed by atoms with Gasteiger partial charge in [0.1, 0.15) is 6.61 Å². The largest absolute Gasteiger partial charge is 0.493 e. The molecule has 2 amide bonds. The fourth-order valence-electron chi connectivity index (χ4n) is 2.35. The topological polar surface area (TPSA) is 59.6 Å². The summed E-state index contributed by atoms with van der Waals surface area (Å²) in [4.78, 5) is 11.9. The molecule has 2 aromatic rings. The summed E-state index contributed by atoms with van der Waals surface area (Å²) >= 11 is 0. The molecule has 0 aliphatic heterocycles. The second kappa shape index (κ2) is 10.7. The van der Waals surface area contributed by atoms with Crippen molar-refractivity contribution in [3.63, 3.8) is 0 Å². The molecule has 0 unspecified atom stereocenters. The van der Waals surface area contributed by atoms with Crippen LogP contribution in [0, 0.1) is 24.2 Å². The van der Waals surface area contributed by atoms with E-state index in [1.807, 2.05) is 0 Å². The molecule has 0 aromatic heterocycles. The Morgan fingerprint density at radius 2 is 1.93 bits per heavy atom. The van der Waals surface area contributed by atoms with E-state index in [4.69, 9.17) is 15.9 Å². The van der Waals surface area contributed by atoms with E-state index in [1.165, 1.54) is 19.2 Å². The summed E-state index contributed by atoms with van der Waals surface area (Å²) in [7, 11) is 1.50. The summed E-state index contributed by atoms with van der Waals surface area (Å²) in [6, 6.07) is 9.35. The number of carbonyl (C=O) groups excluding carboxylic acids is 1. The van der Waals surface area contributed by atoms with Gasteiger partial charge in [0, 0.05) is 12.1 Å². The van der Waals surface area contributed by atoms with Crippen molar-refractivity contribution in [2.24, 2.45) is 0 Å². The van der Waals surface area contributed by atoms with Gasteiger partial charge in [0.15, 0.2) is 11.5 Å². The molecule has 2 N–H and O–H groups in total. The van der Waals surface area contributed by atoms with Crippen molar-refractivity contribution in [2.45, 2.75) is 12.7 Å². The Kier molecular flexibility index (Phi) is 8.01. The molecular formula is C22H19F3N2O3. The standard InChI is InChI=1S/C22H19F3N2O3/c1-3-12-30-20-14-17(9-10-19(20)29-2)15-27-21(28)26-11-5-7-16-6-4-8-18(13-16)22(23,24)25/h1,4,6,8-10,13-14H,11-12,15H2,2H3,(H2,26,27,28). The van der Waals surface area contributed by atoms with Crippen LogP contribution in [0.25, 0.3) is 0 Å². The molecule has 2 aromatic carbocycles. The van der Waals surface area contributed by atoms with Crippen LogP contribution >= 0.6 is 0 Å². The van der Waals surface area contributed by atoms with Crippen LogP contribution in [-0.4, -0.2) is 26.3 Å².